The minimum absolute atomic E-state index is 0.0936. The van der Waals surface area contributed by atoms with Crippen molar-refractivity contribution in [2.75, 3.05) is 33.0 Å². The number of likely N-dealkylation sites (N-methyl/N-ethyl adjacent to an activating group) is 2. The zero-order valence-corrected chi connectivity index (χ0v) is 21.4. The summed E-state index contributed by atoms with van der Waals surface area (Å²) >= 11 is 0. The highest BCUT2D eigenvalue weighted by molar-refractivity contribution is 5.92. The molecule has 34 heavy (non-hydrogen) atoms. The van der Waals surface area contributed by atoms with E-state index in [1.807, 2.05) is 57.1 Å². The van der Waals surface area contributed by atoms with Crippen LogP contribution in [0.25, 0.3) is 0 Å². The van der Waals surface area contributed by atoms with Crippen molar-refractivity contribution in [1.82, 2.24) is 25.1 Å². The summed E-state index contributed by atoms with van der Waals surface area (Å²) in [5.41, 5.74) is 3.91. The number of rotatable bonds is 11. The summed E-state index contributed by atoms with van der Waals surface area (Å²) in [6, 6.07) is 7.36. The molecule has 1 aromatic carbocycles. The maximum absolute atomic E-state index is 12.7. The Morgan fingerprint density at radius 3 is 2.56 bits per heavy atom. The highest BCUT2D eigenvalue weighted by Gasteiger charge is 2.22. The Bertz CT molecular complexity index is 1000. The van der Waals surface area contributed by atoms with Crippen molar-refractivity contribution in [3.8, 4) is 0 Å². The molecule has 0 saturated carbocycles. The molecule has 0 aliphatic heterocycles. The topological polar surface area (TPSA) is 90.5 Å². The van der Waals surface area contributed by atoms with Crippen LogP contribution in [-0.2, 0) is 22.4 Å². The number of anilines is 2. The highest BCUT2D eigenvalue weighted by Crippen LogP contribution is 2.18. The van der Waals surface area contributed by atoms with Crippen molar-refractivity contribution in [2.45, 2.75) is 52.6 Å². The van der Waals surface area contributed by atoms with E-state index in [0.717, 1.165) is 29.1 Å². The van der Waals surface area contributed by atoms with Gasteiger partial charge in [-0.3, -0.25) is 14.6 Å². The Balaban J connectivity index is 1.93. The number of nitrogens with zero attached hydrogens (tertiary/aromatic N) is 4. The fourth-order valence-corrected chi connectivity index (χ4v) is 3.45. The zero-order chi connectivity index (χ0) is 25.3. The van der Waals surface area contributed by atoms with Gasteiger partial charge in [0.1, 0.15) is 11.9 Å². The lowest BCUT2D eigenvalue weighted by molar-refractivity contribution is -0.135. The van der Waals surface area contributed by atoms with E-state index in [9.17, 15) is 9.59 Å². The van der Waals surface area contributed by atoms with Gasteiger partial charge in [-0.15, -0.1) is 0 Å². The lowest BCUT2D eigenvalue weighted by Crippen LogP contribution is -2.48. The average molecular weight is 467 g/mol. The molecule has 8 nitrogen and oxygen atoms in total. The molecular weight excluding hydrogens is 428 g/mol. The van der Waals surface area contributed by atoms with Gasteiger partial charge in [-0.05, 0) is 65.4 Å². The van der Waals surface area contributed by atoms with Gasteiger partial charge in [-0.2, -0.15) is 0 Å². The maximum Gasteiger partial charge on any atom is 0.246 e. The summed E-state index contributed by atoms with van der Waals surface area (Å²) in [6.45, 7) is 8.39. The smallest absolute Gasteiger partial charge is 0.246 e. The van der Waals surface area contributed by atoms with Crippen LogP contribution < -0.4 is 10.6 Å². The van der Waals surface area contributed by atoms with Crippen LogP contribution in [0.1, 0.15) is 37.7 Å². The average Bonchev–Trinajstić information content (AvgIpc) is 2.78. The van der Waals surface area contributed by atoms with Crippen LogP contribution in [0, 0.1) is 6.92 Å². The number of hydrogen-bond donors (Lipinski definition) is 2. The Morgan fingerprint density at radius 2 is 1.91 bits per heavy atom. The fourth-order valence-electron chi connectivity index (χ4n) is 3.45. The summed E-state index contributed by atoms with van der Waals surface area (Å²) in [4.78, 5) is 37.5. The van der Waals surface area contributed by atoms with E-state index in [1.165, 1.54) is 11.0 Å². The fraction of sp³-hybridized carbons (Fsp3) is 0.462. The van der Waals surface area contributed by atoms with Crippen molar-refractivity contribution in [3.05, 3.63) is 59.6 Å². The minimum atomic E-state index is -0.570. The van der Waals surface area contributed by atoms with E-state index in [-0.39, 0.29) is 17.9 Å². The quantitative estimate of drug-likeness (QED) is 0.495. The van der Waals surface area contributed by atoms with Gasteiger partial charge in [0, 0.05) is 31.4 Å². The van der Waals surface area contributed by atoms with E-state index in [4.69, 9.17) is 0 Å². The van der Waals surface area contributed by atoms with Gasteiger partial charge in [-0.1, -0.05) is 25.1 Å². The first kappa shape index (κ1) is 27.0. The Morgan fingerprint density at radius 1 is 1.18 bits per heavy atom. The first-order chi connectivity index (χ1) is 16.1. The molecule has 0 fully saturated rings. The zero-order valence-electron chi connectivity index (χ0n) is 21.4. The molecule has 2 amide bonds. The van der Waals surface area contributed by atoms with Gasteiger partial charge in [0.25, 0.3) is 0 Å². The van der Waals surface area contributed by atoms with Crippen LogP contribution in [0.3, 0.4) is 0 Å². The SMILES string of the molecule is CCc1ncc(Nc2cccc(C[C@@H](C)NC(=O)[C@H](C)N(C)C(=O)/C=C/CN(C)C)c2)nc1C. The van der Waals surface area contributed by atoms with E-state index < -0.39 is 6.04 Å². The standard InChI is InChI=1S/C26H38N6O2/c1-8-23-19(3)29-24(17-27-23)30-22-12-9-11-21(16-22)15-18(2)28-26(34)20(4)32(7)25(33)13-10-14-31(5)6/h9-13,16-18,20H,8,14-15H2,1-7H3,(H,28,34)(H,29,30)/b13-10+/t18-,20+/m1/s1. The molecule has 184 valence electrons. The van der Waals surface area contributed by atoms with Gasteiger partial charge in [0.05, 0.1) is 17.6 Å². The second-order valence-electron chi connectivity index (χ2n) is 8.87. The number of benzene rings is 1. The van der Waals surface area contributed by atoms with E-state index in [0.29, 0.717) is 18.8 Å². The molecule has 0 aliphatic rings. The maximum atomic E-state index is 12.7. The third-order valence-electron chi connectivity index (χ3n) is 5.55. The predicted octanol–water partition coefficient (Wildman–Crippen LogP) is 3.10. The third-order valence-corrected chi connectivity index (χ3v) is 5.55. The van der Waals surface area contributed by atoms with Crippen molar-refractivity contribution >= 4 is 23.3 Å². The molecule has 1 heterocycles. The summed E-state index contributed by atoms with van der Waals surface area (Å²) in [6.07, 6.45) is 6.56. The molecule has 2 rings (SSSR count). The Hall–Kier alpha value is -3.26. The predicted molar refractivity (Wildman–Crippen MR) is 137 cm³/mol. The minimum Gasteiger partial charge on any atom is -0.352 e. The van der Waals surface area contributed by atoms with Crippen molar-refractivity contribution in [1.29, 1.82) is 0 Å². The van der Waals surface area contributed by atoms with E-state index in [2.05, 4.69) is 27.5 Å². The second kappa shape index (κ2) is 12.8. The van der Waals surface area contributed by atoms with Crippen molar-refractivity contribution in [2.24, 2.45) is 0 Å². The number of amides is 2. The van der Waals surface area contributed by atoms with E-state index >= 15 is 0 Å². The number of carbonyl (C=O) groups is 2. The molecule has 0 aliphatic carbocycles. The number of aryl methyl sites for hydroxylation is 2. The summed E-state index contributed by atoms with van der Waals surface area (Å²) in [5, 5.41) is 6.32. The van der Waals surface area contributed by atoms with Gasteiger partial charge in [0.15, 0.2) is 0 Å². The molecule has 2 aromatic rings. The molecular formula is C26H38N6O2. The van der Waals surface area contributed by atoms with Crippen LogP contribution in [0.2, 0.25) is 0 Å². The molecule has 8 heteroatoms. The van der Waals surface area contributed by atoms with Crippen LogP contribution in [-0.4, -0.2) is 71.4 Å². The molecule has 0 radical (unpaired) electrons. The number of aromatic nitrogens is 2. The second-order valence-corrected chi connectivity index (χ2v) is 8.87. The molecule has 0 bridgehead atoms. The number of nitrogens with one attached hydrogen (secondary N) is 2. The third kappa shape index (κ3) is 8.26. The Labute approximate surface area is 203 Å². The van der Waals surface area contributed by atoms with E-state index in [1.54, 1.807) is 26.2 Å². The number of hydrogen-bond acceptors (Lipinski definition) is 6. The van der Waals surface area contributed by atoms with Gasteiger partial charge >= 0.3 is 0 Å². The van der Waals surface area contributed by atoms with Gasteiger partial charge < -0.3 is 20.4 Å². The molecule has 0 saturated heterocycles. The van der Waals surface area contributed by atoms with Crippen molar-refractivity contribution in [3.63, 3.8) is 0 Å². The van der Waals surface area contributed by atoms with Crippen LogP contribution in [0.15, 0.2) is 42.6 Å². The van der Waals surface area contributed by atoms with Gasteiger partial charge in [0.2, 0.25) is 11.8 Å². The molecule has 0 unspecified atom stereocenters. The molecule has 0 spiro atoms. The molecule has 1 aromatic heterocycles. The van der Waals surface area contributed by atoms with Crippen LogP contribution in [0.4, 0.5) is 11.5 Å². The van der Waals surface area contributed by atoms with Crippen LogP contribution >= 0.6 is 0 Å². The first-order valence-electron chi connectivity index (χ1n) is 11.7. The summed E-state index contributed by atoms with van der Waals surface area (Å²) in [5.74, 6) is 0.330. The largest absolute Gasteiger partial charge is 0.352 e. The Kier molecular flexibility index (Phi) is 10.2. The lowest BCUT2D eigenvalue weighted by Gasteiger charge is -2.25. The molecule has 2 N–H and O–H groups in total. The number of carbonyl (C=O) groups excluding carboxylic acids is 2. The van der Waals surface area contributed by atoms with Gasteiger partial charge in [-0.25, -0.2) is 4.98 Å². The lowest BCUT2D eigenvalue weighted by atomic mass is 10.1. The monoisotopic (exact) mass is 466 g/mol. The summed E-state index contributed by atoms with van der Waals surface area (Å²) < 4.78 is 0. The van der Waals surface area contributed by atoms with Crippen LogP contribution in [0.5, 0.6) is 0 Å². The molecule has 2 atom stereocenters. The van der Waals surface area contributed by atoms with Crippen molar-refractivity contribution < 1.29 is 9.59 Å². The summed E-state index contributed by atoms with van der Waals surface area (Å²) in [7, 11) is 5.50. The first-order valence-corrected chi connectivity index (χ1v) is 11.7. The highest BCUT2D eigenvalue weighted by atomic mass is 16.2. The normalized spacial score (nSPS) is 13.1.